The Labute approximate surface area is 127 Å². The van der Waals surface area contributed by atoms with Gasteiger partial charge in [-0.3, -0.25) is 0 Å². The molecule has 0 heterocycles. The van der Waals surface area contributed by atoms with E-state index in [2.05, 4.69) is 34.1 Å². The van der Waals surface area contributed by atoms with Crippen molar-refractivity contribution in [3.63, 3.8) is 0 Å². The lowest BCUT2D eigenvalue weighted by molar-refractivity contribution is 0.0593. The van der Waals surface area contributed by atoms with Crippen molar-refractivity contribution in [1.82, 2.24) is 0 Å². The van der Waals surface area contributed by atoms with Crippen LogP contribution in [0.2, 0.25) is 0 Å². The largest absolute Gasteiger partial charge is 0.197 e. The van der Waals surface area contributed by atoms with E-state index in [0.29, 0.717) is 5.41 Å². The van der Waals surface area contributed by atoms with Gasteiger partial charge in [0.05, 0.1) is 6.07 Å². The molecule has 19 heavy (non-hydrogen) atoms. The quantitative estimate of drug-likeness (QED) is 0.707. The zero-order valence-electron chi connectivity index (χ0n) is 11.0. The lowest BCUT2D eigenvalue weighted by Crippen LogP contribution is -2.49. The highest BCUT2D eigenvalue weighted by Gasteiger charge is 2.55. The van der Waals surface area contributed by atoms with Gasteiger partial charge >= 0.3 is 0 Å². The summed E-state index contributed by atoms with van der Waals surface area (Å²) in [6.07, 6.45) is 8.98. The van der Waals surface area contributed by atoms with Crippen LogP contribution in [-0.4, -0.2) is 4.75 Å². The average Bonchev–Trinajstić information content (AvgIpc) is 2.38. The first-order valence-electron chi connectivity index (χ1n) is 7.01. The SMILES string of the molecule is N#CC1(Sc2cccc(Br)c2)CC2(CCCCC2)C1. The van der Waals surface area contributed by atoms with Crippen molar-refractivity contribution < 1.29 is 0 Å². The Hall–Kier alpha value is -0.460. The van der Waals surface area contributed by atoms with Crippen molar-refractivity contribution in [2.24, 2.45) is 5.41 Å². The van der Waals surface area contributed by atoms with Gasteiger partial charge in [-0.1, -0.05) is 41.3 Å². The predicted molar refractivity (Wildman–Crippen MR) is 83.1 cm³/mol. The summed E-state index contributed by atoms with van der Waals surface area (Å²) in [4.78, 5) is 1.21. The lowest BCUT2D eigenvalue weighted by atomic mass is 9.56. The summed E-state index contributed by atoms with van der Waals surface area (Å²) in [6, 6.07) is 10.9. The topological polar surface area (TPSA) is 23.8 Å². The summed E-state index contributed by atoms with van der Waals surface area (Å²) in [5, 5.41) is 9.60. The maximum Gasteiger partial charge on any atom is 0.108 e. The van der Waals surface area contributed by atoms with E-state index in [1.807, 2.05) is 12.1 Å². The monoisotopic (exact) mass is 335 g/mol. The fourth-order valence-corrected chi connectivity index (χ4v) is 5.88. The third-order valence-electron chi connectivity index (χ3n) is 4.55. The standard InChI is InChI=1S/C16H18BrNS/c17-13-5-4-6-14(9-13)19-16(12-18)10-15(11-16)7-2-1-3-8-15/h4-6,9H,1-3,7-8,10-11H2. The molecular formula is C16H18BrNS. The van der Waals surface area contributed by atoms with Gasteiger partial charge < -0.3 is 0 Å². The fourth-order valence-electron chi connectivity index (χ4n) is 3.75. The van der Waals surface area contributed by atoms with E-state index in [4.69, 9.17) is 0 Å². The minimum atomic E-state index is -0.169. The summed E-state index contributed by atoms with van der Waals surface area (Å²) in [5.41, 5.74) is 0.507. The van der Waals surface area contributed by atoms with Crippen LogP contribution in [0.25, 0.3) is 0 Å². The zero-order chi connectivity index (χ0) is 13.3. The van der Waals surface area contributed by atoms with Gasteiger partial charge in [0, 0.05) is 9.37 Å². The molecule has 0 aliphatic heterocycles. The number of benzene rings is 1. The highest BCUT2D eigenvalue weighted by molar-refractivity contribution is 9.10. The Kier molecular flexibility index (Phi) is 3.66. The van der Waals surface area contributed by atoms with Crippen molar-refractivity contribution in [2.45, 2.75) is 54.6 Å². The molecule has 2 saturated carbocycles. The Bertz CT molecular complexity index is 506. The van der Waals surface area contributed by atoms with Gasteiger partial charge in [0.2, 0.25) is 0 Å². The second-order valence-electron chi connectivity index (χ2n) is 6.08. The van der Waals surface area contributed by atoms with Gasteiger partial charge in [0.25, 0.3) is 0 Å². The molecule has 1 aromatic carbocycles. The van der Waals surface area contributed by atoms with Crippen LogP contribution >= 0.6 is 27.7 Å². The van der Waals surface area contributed by atoms with Crippen LogP contribution in [0.3, 0.4) is 0 Å². The van der Waals surface area contributed by atoms with Gasteiger partial charge in [-0.05, 0) is 49.3 Å². The van der Waals surface area contributed by atoms with E-state index in [1.165, 1.54) is 37.0 Å². The van der Waals surface area contributed by atoms with Crippen molar-refractivity contribution >= 4 is 27.7 Å². The molecule has 3 heteroatoms. The summed E-state index contributed by atoms with van der Waals surface area (Å²) in [5.74, 6) is 0. The first kappa shape index (κ1) is 13.5. The van der Waals surface area contributed by atoms with E-state index < -0.39 is 0 Å². The molecule has 1 nitrogen and oxygen atoms in total. The van der Waals surface area contributed by atoms with Crippen LogP contribution in [0, 0.1) is 16.7 Å². The zero-order valence-corrected chi connectivity index (χ0v) is 13.4. The van der Waals surface area contributed by atoms with Crippen LogP contribution < -0.4 is 0 Å². The Morgan fingerprint density at radius 3 is 2.53 bits per heavy atom. The highest BCUT2D eigenvalue weighted by atomic mass is 79.9. The Morgan fingerprint density at radius 1 is 1.16 bits per heavy atom. The van der Waals surface area contributed by atoms with Crippen molar-refractivity contribution in [3.05, 3.63) is 28.7 Å². The molecule has 0 atom stereocenters. The molecule has 2 aliphatic carbocycles. The second-order valence-corrected chi connectivity index (χ2v) is 8.45. The van der Waals surface area contributed by atoms with Crippen LogP contribution in [0.1, 0.15) is 44.9 Å². The molecule has 3 rings (SSSR count). The Balaban J connectivity index is 1.71. The molecule has 1 spiro atoms. The minimum absolute atomic E-state index is 0.169. The van der Waals surface area contributed by atoms with Gasteiger partial charge in [-0.2, -0.15) is 5.26 Å². The van der Waals surface area contributed by atoms with E-state index in [1.54, 1.807) is 11.8 Å². The smallest absolute Gasteiger partial charge is 0.108 e. The maximum atomic E-state index is 9.60. The summed E-state index contributed by atoms with van der Waals surface area (Å²) >= 11 is 5.27. The number of hydrogen-bond acceptors (Lipinski definition) is 2. The number of hydrogen-bond donors (Lipinski definition) is 0. The predicted octanol–water partition coefficient (Wildman–Crippen LogP) is 5.55. The van der Waals surface area contributed by atoms with Crippen LogP contribution in [0.15, 0.2) is 33.6 Å². The fraction of sp³-hybridized carbons (Fsp3) is 0.562. The molecule has 2 aliphatic rings. The summed E-state index contributed by atoms with van der Waals surface area (Å²) in [7, 11) is 0. The number of thioether (sulfide) groups is 1. The van der Waals surface area contributed by atoms with Crippen LogP contribution in [0.5, 0.6) is 0 Å². The molecule has 0 radical (unpaired) electrons. The molecular weight excluding hydrogens is 318 g/mol. The number of rotatable bonds is 2. The molecule has 0 amide bonds. The number of nitriles is 1. The summed E-state index contributed by atoms with van der Waals surface area (Å²) < 4.78 is 0.926. The average molecular weight is 336 g/mol. The highest BCUT2D eigenvalue weighted by Crippen LogP contribution is 2.62. The molecule has 1 aromatic rings. The van der Waals surface area contributed by atoms with E-state index in [0.717, 1.165) is 17.3 Å². The van der Waals surface area contributed by atoms with E-state index in [9.17, 15) is 5.26 Å². The van der Waals surface area contributed by atoms with Crippen molar-refractivity contribution in [1.29, 1.82) is 5.26 Å². The van der Waals surface area contributed by atoms with Crippen LogP contribution in [-0.2, 0) is 0 Å². The third kappa shape index (κ3) is 2.71. The van der Waals surface area contributed by atoms with Gasteiger partial charge in [-0.25, -0.2) is 0 Å². The molecule has 0 bridgehead atoms. The lowest BCUT2D eigenvalue weighted by Gasteiger charge is -2.54. The number of nitrogens with zero attached hydrogens (tertiary/aromatic N) is 1. The first-order chi connectivity index (χ1) is 9.15. The molecule has 0 unspecified atom stereocenters. The van der Waals surface area contributed by atoms with E-state index in [-0.39, 0.29) is 4.75 Å². The van der Waals surface area contributed by atoms with Crippen molar-refractivity contribution in [3.8, 4) is 6.07 Å². The normalized spacial score (nSPS) is 23.6. The minimum Gasteiger partial charge on any atom is -0.197 e. The van der Waals surface area contributed by atoms with Crippen LogP contribution in [0.4, 0.5) is 0 Å². The van der Waals surface area contributed by atoms with Gasteiger partial charge in [-0.15, -0.1) is 11.8 Å². The molecule has 100 valence electrons. The Morgan fingerprint density at radius 2 is 1.89 bits per heavy atom. The second kappa shape index (κ2) is 5.14. The molecule has 0 aromatic heterocycles. The first-order valence-corrected chi connectivity index (χ1v) is 8.62. The summed E-state index contributed by atoms with van der Waals surface area (Å²) in [6.45, 7) is 0. The van der Waals surface area contributed by atoms with E-state index >= 15 is 0 Å². The van der Waals surface area contributed by atoms with Gasteiger partial charge in [0.1, 0.15) is 4.75 Å². The van der Waals surface area contributed by atoms with Gasteiger partial charge in [0.15, 0.2) is 0 Å². The maximum absolute atomic E-state index is 9.60. The molecule has 2 fully saturated rings. The molecule has 0 saturated heterocycles. The number of halogens is 1. The third-order valence-corrected chi connectivity index (χ3v) is 6.30. The molecule has 0 N–H and O–H groups in total. The van der Waals surface area contributed by atoms with Crippen molar-refractivity contribution in [2.75, 3.05) is 0 Å².